The zero-order valence-corrected chi connectivity index (χ0v) is 32.9. The lowest BCUT2D eigenvalue weighted by Gasteiger charge is -2.30. The van der Waals surface area contributed by atoms with Crippen LogP contribution in [0, 0.1) is 6.92 Å². The van der Waals surface area contributed by atoms with E-state index < -0.39 is 0 Å². The SMILES string of the molecule is C/C(=C\c1c(C)n(-c2ccc(-n3c(-c4cccc5ccccc45)nc4ccccc43)cc2)c2ccccc12)C1=CCCC2C(C1)c1ccccc1N2c1ccccc1. The maximum atomic E-state index is 5.21. The Morgan fingerprint density at radius 2 is 1.29 bits per heavy atom. The van der Waals surface area contributed by atoms with Gasteiger partial charge in [0.15, 0.2) is 0 Å². The fourth-order valence-corrected chi connectivity index (χ4v) is 10.0. The Bertz CT molecular complexity index is 3060. The van der Waals surface area contributed by atoms with Gasteiger partial charge in [0.05, 0.1) is 16.6 Å². The number of allylic oxidation sites excluding steroid dienone is 3. The van der Waals surface area contributed by atoms with Crippen LogP contribution in [0.2, 0.25) is 0 Å². The topological polar surface area (TPSA) is 26.0 Å². The number of hydrogen-bond acceptors (Lipinski definition) is 2. The van der Waals surface area contributed by atoms with Gasteiger partial charge in [-0.2, -0.15) is 0 Å². The molecule has 1 aliphatic carbocycles. The summed E-state index contributed by atoms with van der Waals surface area (Å²) in [5, 5.41) is 3.68. The largest absolute Gasteiger partial charge is 0.337 e. The van der Waals surface area contributed by atoms with Gasteiger partial charge in [-0.25, -0.2) is 4.98 Å². The van der Waals surface area contributed by atoms with Gasteiger partial charge in [-0.15, -0.1) is 0 Å². The lowest BCUT2D eigenvalue weighted by atomic mass is 9.87. The van der Waals surface area contributed by atoms with E-state index in [1.165, 1.54) is 61.0 Å². The van der Waals surface area contributed by atoms with E-state index in [0.717, 1.165) is 53.1 Å². The molecule has 11 rings (SSSR count). The molecule has 0 radical (unpaired) electrons. The number of hydrogen-bond donors (Lipinski definition) is 0. The monoisotopic (exact) mass is 748 g/mol. The first-order valence-electron chi connectivity index (χ1n) is 20.6. The maximum absolute atomic E-state index is 5.21. The molecule has 0 amide bonds. The Hall–Kier alpha value is -6.91. The van der Waals surface area contributed by atoms with Crippen molar-refractivity contribution in [2.75, 3.05) is 4.90 Å². The van der Waals surface area contributed by atoms with Crippen molar-refractivity contribution in [1.82, 2.24) is 14.1 Å². The van der Waals surface area contributed by atoms with Crippen LogP contribution in [0.3, 0.4) is 0 Å². The molecule has 2 aromatic heterocycles. The van der Waals surface area contributed by atoms with Gasteiger partial charge in [0.1, 0.15) is 5.82 Å². The normalized spacial score (nSPS) is 16.8. The molecule has 0 bridgehead atoms. The number of aromatic nitrogens is 3. The smallest absolute Gasteiger partial charge is 0.146 e. The van der Waals surface area contributed by atoms with Crippen molar-refractivity contribution < 1.29 is 0 Å². The van der Waals surface area contributed by atoms with Crippen LogP contribution in [-0.2, 0) is 0 Å². The van der Waals surface area contributed by atoms with Crippen molar-refractivity contribution in [3.05, 3.63) is 204 Å². The van der Waals surface area contributed by atoms with Gasteiger partial charge in [0.25, 0.3) is 0 Å². The van der Waals surface area contributed by atoms with E-state index in [9.17, 15) is 0 Å². The van der Waals surface area contributed by atoms with E-state index in [-0.39, 0.29) is 0 Å². The average Bonchev–Trinajstić information content (AvgIpc) is 3.83. The minimum atomic E-state index is 0.441. The van der Waals surface area contributed by atoms with Crippen LogP contribution in [0.15, 0.2) is 187 Å². The lowest BCUT2D eigenvalue weighted by Crippen LogP contribution is -2.29. The molecule has 2 unspecified atom stereocenters. The predicted molar refractivity (Wildman–Crippen MR) is 243 cm³/mol. The second-order valence-electron chi connectivity index (χ2n) is 15.9. The first-order valence-corrected chi connectivity index (χ1v) is 20.6. The molecule has 1 aliphatic heterocycles. The van der Waals surface area contributed by atoms with Crippen LogP contribution >= 0.6 is 0 Å². The third-order valence-electron chi connectivity index (χ3n) is 12.7. The van der Waals surface area contributed by atoms with Crippen LogP contribution in [0.1, 0.15) is 48.9 Å². The predicted octanol–water partition coefficient (Wildman–Crippen LogP) is 13.9. The van der Waals surface area contributed by atoms with Crippen molar-refractivity contribution in [1.29, 1.82) is 0 Å². The number of rotatable bonds is 6. The molecule has 0 N–H and O–H groups in total. The number of nitrogens with zero attached hydrogens (tertiary/aromatic N) is 4. The average molecular weight is 749 g/mol. The number of fused-ring (bicyclic) bond motifs is 6. The molecular weight excluding hydrogens is 705 g/mol. The first kappa shape index (κ1) is 34.3. The minimum Gasteiger partial charge on any atom is -0.337 e. The Labute approximate surface area is 339 Å². The van der Waals surface area contributed by atoms with E-state index in [1.54, 1.807) is 0 Å². The summed E-state index contributed by atoms with van der Waals surface area (Å²) in [5.41, 5.74) is 16.1. The van der Waals surface area contributed by atoms with Crippen LogP contribution in [0.25, 0.3) is 61.5 Å². The van der Waals surface area contributed by atoms with Crippen molar-refractivity contribution >= 4 is 50.2 Å². The fraction of sp³-hybridized carbons (Fsp3) is 0.130. The van der Waals surface area contributed by atoms with Gasteiger partial charge in [-0.3, -0.25) is 4.57 Å². The molecule has 58 heavy (non-hydrogen) atoms. The molecule has 7 aromatic carbocycles. The molecule has 0 spiro atoms. The zero-order valence-electron chi connectivity index (χ0n) is 32.9. The highest BCUT2D eigenvalue weighted by Gasteiger charge is 2.40. The van der Waals surface area contributed by atoms with E-state index in [2.05, 4.69) is 210 Å². The zero-order chi connectivity index (χ0) is 38.7. The van der Waals surface area contributed by atoms with Crippen LogP contribution in [-0.4, -0.2) is 20.2 Å². The first-order chi connectivity index (χ1) is 28.6. The Balaban J connectivity index is 0.958. The molecule has 2 aliphatic rings. The standard InChI is InChI=1S/C54H44N4/c1-36(39-18-15-29-52-48(35-39)45-23-9-12-27-51(45)57(52)40-19-4-3-5-20-40)34-47-37(2)56(50-26-11-8-22-44(47)50)41-30-32-42(33-31-41)58-53-28-13-10-25-49(53)55-54(58)46-24-14-17-38-16-6-7-21-43(38)46/h3-14,16-28,30-34,48,52H,15,29,35H2,1-2H3/b36-34+. The highest BCUT2D eigenvalue weighted by atomic mass is 15.2. The second kappa shape index (κ2) is 13.9. The fourth-order valence-electron chi connectivity index (χ4n) is 10.0. The molecule has 0 saturated heterocycles. The van der Waals surface area contributed by atoms with Gasteiger partial charge in [0, 0.05) is 56.9 Å². The molecule has 3 heterocycles. The summed E-state index contributed by atoms with van der Waals surface area (Å²) in [6.07, 6.45) is 8.22. The number of imidazole rings is 1. The lowest BCUT2D eigenvalue weighted by molar-refractivity contribution is 0.537. The van der Waals surface area contributed by atoms with Gasteiger partial charge < -0.3 is 9.47 Å². The summed E-state index contributed by atoms with van der Waals surface area (Å²) < 4.78 is 4.74. The number of benzene rings is 7. The summed E-state index contributed by atoms with van der Waals surface area (Å²) >= 11 is 0. The highest BCUT2D eigenvalue weighted by molar-refractivity contribution is 5.98. The van der Waals surface area contributed by atoms with Crippen molar-refractivity contribution in [2.45, 2.75) is 45.1 Å². The van der Waals surface area contributed by atoms with Crippen molar-refractivity contribution in [2.24, 2.45) is 0 Å². The van der Waals surface area contributed by atoms with E-state index in [0.29, 0.717) is 12.0 Å². The maximum Gasteiger partial charge on any atom is 0.146 e. The summed E-state index contributed by atoms with van der Waals surface area (Å²) in [6, 6.07) is 61.9. The summed E-state index contributed by atoms with van der Waals surface area (Å²) in [5.74, 6) is 1.40. The molecule has 0 fully saturated rings. The van der Waals surface area contributed by atoms with E-state index in [1.807, 2.05) is 0 Å². The van der Waals surface area contributed by atoms with Crippen LogP contribution < -0.4 is 4.90 Å². The molecule has 280 valence electrons. The Morgan fingerprint density at radius 1 is 0.621 bits per heavy atom. The van der Waals surface area contributed by atoms with Gasteiger partial charge in [-0.05, 0) is 127 Å². The van der Waals surface area contributed by atoms with E-state index >= 15 is 0 Å². The van der Waals surface area contributed by atoms with Gasteiger partial charge in [0.2, 0.25) is 0 Å². The second-order valence-corrected chi connectivity index (χ2v) is 15.9. The molecule has 2 atom stereocenters. The number of para-hydroxylation sites is 5. The molecule has 4 heteroatoms. The van der Waals surface area contributed by atoms with Gasteiger partial charge in [-0.1, -0.05) is 115 Å². The summed E-state index contributed by atoms with van der Waals surface area (Å²) in [4.78, 5) is 7.82. The third-order valence-corrected chi connectivity index (χ3v) is 12.7. The molecular formula is C54H44N4. The van der Waals surface area contributed by atoms with Crippen LogP contribution in [0.4, 0.5) is 11.4 Å². The highest BCUT2D eigenvalue weighted by Crippen LogP contribution is 2.51. The van der Waals surface area contributed by atoms with E-state index in [4.69, 9.17) is 4.98 Å². The molecule has 9 aromatic rings. The number of anilines is 2. The van der Waals surface area contributed by atoms with Crippen molar-refractivity contribution in [3.8, 4) is 22.8 Å². The van der Waals surface area contributed by atoms with Crippen LogP contribution in [0.5, 0.6) is 0 Å². The minimum absolute atomic E-state index is 0.441. The Kier molecular flexibility index (Phi) is 8.25. The van der Waals surface area contributed by atoms with Crippen molar-refractivity contribution in [3.63, 3.8) is 0 Å². The summed E-state index contributed by atoms with van der Waals surface area (Å²) in [7, 11) is 0. The Morgan fingerprint density at radius 3 is 2.14 bits per heavy atom. The van der Waals surface area contributed by atoms with Gasteiger partial charge >= 0.3 is 0 Å². The summed E-state index contributed by atoms with van der Waals surface area (Å²) in [6.45, 7) is 4.60. The molecule has 4 nitrogen and oxygen atoms in total. The quantitative estimate of drug-likeness (QED) is 0.169. The molecule has 0 saturated carbocycles. The third kappa shape index (κ3) is 5.54.